The smallest absolute Gasteiger partial charge is 0.389 e. The molecular weight excluding hydrogens is 435 g/mol. The maximum Gasteiger partial charge on any atom is 0.416 e. The molecule has 0 bridgehead atoms. The molecule has 2 fully saturated rings. The number of nitrogens with zero attached hydrogens (tertiary/aromatic N) is 4. The molecular formula is C23H28F3N5O2. The van der Waals surface area contributed by atoms with Crippen LogP contribution in [0.1, 0.15) is 31.2 Å². The predicted octanol–water partition coefficient (Wildman–Crippen LogP) is 2.73. The number of rotatable bonds is 7. The van der Waals surface area contributed by atoms with Crippen molar-refractivity contribution in [3.05, 3.63) is 42.7 Å². The van der Waals surface area contributed by atoms with Gasteiger partial charge in [-0.1, -0.05) is 6.08 Å². The Morgan fingerprint density at radius 2 is 1.97 bits per heavy atom. The molecule has 1 unspecified atom stereocenters. The average Bonchev–Trinajstić information content (AvgIpc) is 2.75. The first-order valence-electron chi connectivity index (χ1n) is 11.1. The fourth-order valence-electron chi connectivity index (χ4n) is 4.98. The summed E-state index contributed by atoms with van der Waals surface area (Å²) in [5.41, 5.74) is 5.06. The van der Waals surface area contributed by atoms with Crippen LogP contribution in [0.25, 0.3) is 10.9 Å². The van der Waals surface area contributed by atoms with E-state index in [2.05, 4.69) is 21.4 Å². The van der Waals surface area contributed by atoms with Crippen LogP contribution in [0.3, 0.4) is 0 Å². The van der Waals surface area contributed by atoms with E-state index in [9.17, 15) is 23.1 Å². The number of fused-ring (bicyclic) bond motifs is 1. The number of halogens is 3. The van der Waals surface area contributed by atoms with Crippen molar-refractivity contribution in [3.8, 4) is 0 Å². The molecule has 7 nitrogen and oxygen atoms in total. The second-order valence-electron chi connectivity index (χ2n) is 8.92. The zero-order valence-electron chi connectivity index (χ0n) is 18.2. The molecule has 1 aromatic heterocycles. The van der Waals surface area contributed by atoms with Crippen LogP contribution in [0.2, 0.25) is 0 Å². The van der Waals surface area contributed by atoms with E-state index in [1.165, 1.54) is 12.4 Å². The van der Waals surface area contributed by atoms with Crippen LogP contribution < -0.4 is 10.6 Å². The Morgan fingerprint density at radius 3 is 2.58 bits per heavy atom. The highest BCUT2D eigenvalue weighted by atomic mass is 19.4. The molecule has 178 valence electrons. The lowest BCUT2D eigenvalue weighted by molar-refractivity contribution is -0.137. The van der Waals surface area contributed by atoms with Crippen LogP contribution in [0.15, 0.2) is 37.2 Å². The Balaban J connectivity index is 1.52. The normalized spacial score (nSPS) is 23.2. The second kappa shape index (κ2) is 9.26. The number of likely N-dealkylation sites (tertiary alicyclic amines) is 1. The highest BCUT2D eigenvalue weighted by Gasteiger charge is 2.39. The van der Waals surface area contributed by atoms with E-state index in [1.807, 2.05) is 0 Å². The van der Waals surface area contributed by atoms with E-state index in [1.54, 1.807) is 11.0 Å². The number of anilines is 1. The molecule has 2 aliphatic rings. The van der Waals surface area contributed by atoms with E-state index >= 15 is 0 Å². The van der Waals surface area contributed by atoms with Crippen LogP contribution in [-0.4, -0.2) is 63.7 Å². The van der Waals surface area contributed by atoms with E-state index in [0.29, 0.717) is 24.6 Å². The third kappa shape index (κ3) is 4.96. The molecule has 1 saturated heterocycles. The molecule has 33 heavy (non-hydrogen) atoms. The summed E-state index contributed by atoms with van der Waals surface area (Å²) in [5, 5.41) is 10.2. The first-order chi connectivity index (χ1) is 15.7. The number of nitrogens with two attached hydrogens (primary N) is 1. The summed E-state index contributed by atoms with van der Waals surface area (Å²) in [4.78, 5) is 24.2. The Hall–Kier alpha value is -2.72. The van der Waals surface area contributed by atoms with E-state index in [4.69, 9.17) is 5.73 Å². The molecule has 3 N–H and O–H groups in total. The van der Waals surface area contributed by atoms with E-state index in [-0.39, 0.29) is 29.7 Å². The molecule has 2 aromatic rings. The standard InChI is InChI=1S/C23H28F3N5O2/c1-2-20(32)14-3-6-16(7-4-14)30-10-17(11-30)31(12-21(27)33)22-18-9-15(23(24,25)26)5-8-19(18)28-13-29-22/h2,5,8-9,13-14,16-17,20,32H,1,3-4,6-7,10-12H2,(H2,27,33). The van der Waals surface area contributed by atoms with Crippen LogP contribution in [0, 0.1) is 5.92 Å². The summed E-state index contributed by atoms with van der Waals surface area (Å²) in [5.74, 6) is -0.0594. The topological polar surface area (TPSA) is 95.6 Å². The summed E-state index contributed by atoms with van der Waals surface area (Å²) in [6.45, 7) is 4.85. The summed E-state index contributed by atoms with van der Waals surface area (Å²) in [6, 6.07) is 3.61. The first kappa shape index (κ1) is 23.4. The predicted molar refractivity (Wildman–Crippen MR) is 118 cm³/mol. The SMILES string of the molecule is C=CC(O)C1CCC(N2CC(N(CC(N)=O)c3ncnc4ccc(C(F)(F)F)cc34)C2)CC1. The minimum Gasteiger partial charge on any atom is -0.389 e. The molecule has 1 aliphatic heterocycles. The highest BCUT2D eigenvalue weighted by molar-refractivity contribution is 5.92. The lowest BCUT2D eigenvalue weighted by atomic mass is 9.81. The van der Waals surface area contributed by atoms with Gasteiger partial charge in [-0.2, -0.15) is 13.2 Å². The lowest BCUT2D eigenvalue weighted by Crippen LogP contribution is -2.64. The number of carbonyl (C=O) groups excluding carboxylic acids is 1. The Morgan fingerprint density at radius 1 is 1.27 bits per heavy atom. The van der Waals surface area contributed by atoms with Crippen LogP contribution in [-0.2, 0) is 11.0 Å². The van der Waals surface area contributed by atoms with Crippen LogP contribution >= 0.6 is 0 Å². The molecule has 10 heteroatoms. The van der Waals surface area contributed by atoms with Gasteiger partial charge in [-0.25, -0.2) is 9.97 Å². The van der Waals surface area contributed by atoms with Crippen molar-refractivity contribution < 1.29 is 23.1 Å². The third-order valence-corrected chi connectivity index (χ3v) is 6.85. The van der Waals surface area contributed by atoms with Crippen molar-refractivity contribution in [3.63, 3.8) is 0 Å². The monoisotopic (exact) mass is 463 g/mol. The summed E-state index contributed by atoms with van der Waals surface area (Å²) in [7, 11) is 0. The van der Waals surface area contributed by atoms with E-state index < -0.39 is 23.8 Å². The van der Waals surface area contributed by atoms with Crippen molar-refractivity contribution in [1.82, 2.24) is 14.9 Å². The number of benzene rings is 1. The number of primary amides is 1. The number of aliphatic hydroxyl groups excluding tert-OH is 1. The molecule has 1 atom stereocenters. The number of amides is 1. The summed E-state index contributed by atoms with van der Waals surface area (Å²) >= 11 is 0. The number of aromatic nitrogens is 2. The van der Waals surface area contributed by atoms with Gasteiger partial charge >= 0.3 is 6.18 Å². The zero-order chi connectivity index (χ0) is 23.8. The Bertz CT molecular complexity index is 1020. The lowest BCUT2D eigenvalue weighted by Gasteiger charge is -2.50. The minimum absolute atomic E-state index is 0.0957. The fourth-order valence-corrected chi connectivity index (χ4v) is 4.98. The zero-order valence-corrected chi connectivity index (χ0v) is 18.2. The Labute approximate surface area is 190 Å². The highest BCUT2D eigenvalue weighted by Crippen LogP contribution is 2.36. The van der Waals surface area contributed by atoms with Crippen molar-refractivity contribution in [2.75, 3.05) is 24.5 Å². The number of alkyl halides is 3. The van der Waals surface area contributed by atoms with Crippen LogP contribution in [0.4, 0.5) is 19.0 Å². The molecule has 1 aliphatic carbocycles. The first-order valence-corrected chi connectivity index (χ1v) is 11.1. The molecule has 1 saturated carbocycles. The molecule has 0 radical (unpaired) electrons. The Kier molecular flexibility index (Phi) is 6.58. The molecule has 1 amide bonds. The van der Waals surface area contributed by atoms with Gasteiger partial charge in [0.05, 0.1) is 29.8 Å². The summed E-state index contributed by atoms with van der Waals surface area (Å²) in [6.07, 6.45) is 1.66. The number of hydrogen-bond acceptors (Lipinski definition) is 6. The third-order valence-electron chi connectivity index (χ3n) is 6.85. The number of carbonyl (C=O) groups is 1. The van der Waals surface area contributed by atoms with Gasteiger partial charge in [-0.05, 0) is 49.8 Å². The van der Waals surface area contributed by atoms with Crippen molar-refractivity contribution in [2.24, 2.45) is 11.7 Å². The molecule has 4 rings (SSSR count). The molecule has 1 aromatic carbocycles. The largest absolute Gasteiger partial charge is 0.416 e. The number of hydrogen-bond donors (Lipinski definition) is 2. The quantitative estimate of drug-likeness (QED) is 0.613. The maximum atomic E-state index is 13.3. The second-order valence-corrected chi connectivity index (χ2v) is 8.92. The van der Waals surface area contributed by atoms with E-state index in [0.717, 1.165) is 37.8 Å². The van der Waals surface area contributed by atoms with Gasteiger partial charge in [0.25, 0.3) is 0 Å². The summed E-state index contributed by atoms with van der Waals surface area (Å²) < 4.78 is 39.9. The maximum absolute atomic E-state index is 13.3. The van der Waals surface area contributed by atoms with Gasteiger partial charge in [0.2, 0.25) is 5.91 Å². The molecule has 0 spiro atoms. The van der Waals surface area contributed by atoms with Gasteiger partial charge in [-0.15, -0.1) is 6.58 Å². The van der Waals surface area contributed by atoms with Gasteiger partial charge in [0.1, 0.15) is 12.1 Å². The fraction of sp³-hybridized carbons (Fsp3) is 0.522. The van der Waals surface area contributed by atoms with Crippen molar-refractivity contribution >= 4 is 22.6 Å². The van der Waals surface area contributed by atoms with Gasteiger partial charge in [-0.3, -0.25) is 9.69 Å². The number of aliphatic hydroxyl groups is 1. The van der Waals surface area contributed by atoms with Gasteiger partial charge in [0.15, 0.2) is 0 Å². The molecule has 2 heterocycles. The minimum atomic E-state index is -4.50. The van der Waals surface area contributed by atoms with Crippen molar-refractivity contribution in [1.29, 1.82) is 0 Å². The van der Waals surface area contributed by atoms with Gasteiger partial charge < -0.3 is 15.7 Å². The van der Waals surface area contributed by atoms with Crippen LogP contribution in [0.5, 0.6) is 0 Å². The van der Waals surface area contributed by atoms with Gasteiger partial charge in [0, 0.05) is 24.5 Å². The van der Waals surface area contributed by atoms with Crippen molar-refractivity contribution in [2.45, 2.75) is 50.0 Å². The average molecular weight is 464 g/mol.